The molecule has 0 fully saturated rings. The first-order valence-corrected chi connectivity index (χ1v) is 4.16. The van der Waals surface area contributed by atoms with Crippen molar-refractivity contribution in [3.8, 4) is 0 Å². The van der Waals surface area contributed by atoms with Crippen LogP contribution in [0.25, 0.3) is 0 Å². The van der Waals surface area contributed by atoms with Gasteiger partial charge >= 0.3 is 0 Å². The number of alkyl halides is 1. The van der Waals surface area contributed by atoms with Crippen LogP contribution in [0.15, 0.2) is 18.5 Å². The average molecular weight is 201 g/mol. The van der Waals surface area contributed by atoms with E-state index >= 15 is 0 Å². The first-order valence-electron chi connectivity index (χ1n) is 3.04. The van der Waals surface area contributed by atoms with Crippen molar-refractivity contribution in [2.24, 2.45) is 0 Å². The van der Waals surface area contributed by atoms with Gasteiger partial charge in [0.25, 0.3) is 0 Å². The number of nitrogens with one attached hydrogen (secondary N) is 1. The van der Waals surface area contributed by atoms with Crippen molar-refractivity contribution in [3.05, 3.63) is 24.0 Å². The van der Waals surface area contributed by atoms with E-state index in [9.17, 15) is 0 Å². The van der Waals surface area contributed by atoms with Gasteiger partial charge in [-0.25, -0.2) is 0 Å². The SMILES string of the molecule is CNc1cncc(CBr)c1. The van der Waals surface area contributed by atoms with Crippen LogP contribution in [-0.4, -0.2) is 12.0 Å². The van der Waals surface area contributed by atoms with E-state index in [0.717, 1.165) is 11.0 Å². The first kappa shape index (κ1) is 7.54. The number of pyridine rings is 1. The fourth-order valence-electron chi connectivity index (χ4n) is 0.697. The van der Waals surface area contributed by atoms with Gasteiger partial charge in [0.05, 0.1) is 5.69 Å². The number of halogens is 1. The summed E-state index contributed by atoms with van der Waals surface area (Å²) in [5, 5.41) is 3.88. The van der Waals surface area contributed by atoms with Gasteiger partial charge in [-0.05, 0) is 11.6 Å². The zero-order valence-electron chi connectivity index (χ0n) is 5.76. The van der Waals surface area contributed by atoms with Gasteiger partial charge in [-0.15, -0.1) is 0 Å². The van der Waals surface area contributed by atoms with Gasteiger partial charge < -0.3 is 5.32 Å². The molecule has 2 nitrogen and oxygen atoms in total. The largest absolute Gasteiger partial charge is 0.387 e. The maximum Gasteiger partial charge on any atom is 0.0527 e. The Morgan fingerprint density at radius 2 is 2.40 bits per heavy atom. The lowest BCUT2D eigenvalue weighted by atomic mass is 10.3. The van der Waals surface area contributed by atoms with E-state index in [-0.39, 0.29) is 0 Å². The quantitative estimate of drug-likeness (QED) is 0.740. The number of aromatic nitrogens is 1. The molecular weight excluding hydrogens is 192 g/mol. The third-order valence-corrected chi connectivity index (χ3v) is 1.89. The molecule has 0 radical (unpaired) electrons. The maximum atomic E-state index is 4.03. The van der Waals surface area contributed by atoms with Crippen molar-refractivity contribution in [3.63, 3.8) is 0 Å². The Morgan fingerprint density at radius 1 is 1.60 bits per heavy atom. The third kappa shape index (κ3) is 1.70. The molecule has 0 saturated carbocycles. The Bertz CT molecular complexity index is 193. The highest BCUT2D eigenvalue weighted by Gasteiger charge is 1.90. The molecule has 0 atom stereocenters. The smallest absolute Gasteiger partial charge is 0.0527 e. The lowest BCUT2D eigenvalue weighted by molar-refractivity contribution is 1.25. The molecule has 1 rings (SSSR count). The number of hydrogen-bond acceptors (Lipinski definition) is 2. The summed E-state index contributed by atoms with van der Waals surface area (Å²) in [5.74, 6) is 0. The maximum absolute atomic E-state index is 4.03. The van der Waals surface area contributed by atoms with Crippen LogP contribution in [0, 0.1) is 0 Å². The highest BCUT2D eigenvalue weighted by Crippen LogP contribution is 2.09. The zero-order chi connectivity index (χ0) is 7.40. The second-order valence-corrected chi connectivity index (χ2v) is 2.53. The van der Waals surface area contributed by atoms with Gasteiger partial charge in [-0.1, -0.05) is 15.9 Å². The van der Waals surface area contributed by atoms with Crippen molar-refractivity contribution < 1.29 is 0 Å². The van der Waals surface area contributed by atoms with E-state index in [2.05, 4.69) is 32.3 Å². The van der Waals surface area contributed by atoms with Crippen LogP contribution in [0.5, 0.6) is 0 Å². The molecule has 10 heavy (non-hydrogen) atoms. The lowest BCUT2D eigenvalue weighted by Crippen LogP contribution is -1.90. The molecule has 0 aliphatic heterocycles. The molecule has 1 N–H and O–H groups in total. The molecule has 1 heterocycles. The van der Waals surface area contributed by atoms with Gasteiger partial charge in [0, 0.05) is 24.8 Å². The molecule has 0 spiro atoms. The standard InChI is InChI=1S/C7H9BrN2/c1-9-7-2-6(3-8)4-10-5-7/h2,4-5,9H,3H2,1H3. The van der Waals surface area contributed by atoms with Gasteiger partial charge in [-0.2, -0.15) is 0 Å². The van der Waals surface area contributed by atoms with E-state index in [1.807, 2.05) is 13.2 Å². The molecule has 0 amide bonds. The summed E-state index contributed by atoms with van der Waals surface area (Å²) in [6.07, 6.45) is 3.64. The van der Waals surface area contributed by atoms with Crippen molar-refractivity contribution in [2.75, 3.05) is 12.4 Å². The lowest BCUT2D eigenvalue weighted by Gasteiger charge is -1.99. The molecule has 0 saturated heterocycles. The van der Waals surface area contributed by atoms with Crippen LogP contribution in [0.4, 0.5) is 5.69 Å². The van der Waals surface area contributed by atoms with Gasteiger partial charge in [0.2, 0.25) is 0 Å². The summed E-state index contributed by atoms with van der Waals surface area (Å²) in [5.41, 5.74) is 2.24. The summed E-state index contributed by atoms with van der Waals surface area (Å²) in [6, 6.07) is 2.06. The topological polar surface area (TPSA) is 24.9 Å². The third-order valence-electron chi connectivity index (χ3n) is 1.24. The molecule has 1 aromatic heterocycles. The van der Waals surface area contributed by atoms with Gasteiger partial charge in [-0.3, -0.25) is 4.98 Å². The van der Waals surface area contributed by atoms with Gasteiger partial charge in [0.1, 0.15) is 0 Å². The predicted octanol–water partition coefficient (Wildman–Crippen LogP) is 2.02. The Morgan fingerprint density at radius 3 is 3.00 bits per heavy atom. The van der Waals surface area contributed by atoms with E-state index < -0.39 is 0 Å². The van der Waals surface area contributed by atoms with E-state index in [4.69, 9.17) is 0 Å². The summed E-state index contributed by atoms with van der Waals surface area (Å²) in [6.45, 7) is 0. The van der Waals surface area contributed by atoms with Crippen LogP contribution in [0.3, 0.4) is 0 Å². The Hall–Kier alpha value is -0.570. The summed E-state index contributed by atoms with van der Waals surface area (Å²) in [4.78, 5) is 4.03. The molecule has 0 aromatic carbocycles. The highest BCUT2D eigenvalue weighted by atomic mass is 79.9. The Labute approximate surface area is 68.8 Å². The van der Waals surface area contributed by atoms with E-state index in [1.54, 1.807) is 6.20 Å². The Kier molecular flexibility index (Phi) is 2.68. The highest BCUT2D eigenvalue weighted by molar-refractivity contribution is 9.08. The monoisotopic (exact) mass is 200 g/mol. The zero-order valence-corrected chi connectivity index (χ0v) is 7.35. The molecule has 0 aliphatic rings. The van der Waals surface area contributed by atoms with Crippen molar-refractivity contribution in [1.29, 1.82) is 0 Å². The Balaban J connectivity index is 2.87. The molecule has 3 heteroatoms. The fraction of sp³-hybridized carbons (Fsp3) is 0.286. The molecule has 0 bridgehead atoms. The van der Waals surface area contributed by atoms with E-state index in [0.29, 0.717) is 0 Å². The molecule has 0 aliphatic carbocycles. The van der Waals surface area contributed by atoms with Crippen molar-refractivity contribution >= 4 is 21.6 Å². The first-order chi connectivity index (χ1) is 4.86. The summed E-state index contributed by atoms with van der Waals surface area (Å²) in [7, 11) is 1.88. The molecule has 1 aromatic rings. The second-order valence-electron chi connectivity index (χ2n) is 1.97. The average Bonchev–Trinajstić information content (AvgIpc) is 2.05. The predicted molar refractivity (Wildman–Crippen MR) is 46.4 cm³/mol. The van der Waals surface area contributed by atoms with Gasteiger partial charge in [0.15, 0.2) is 0 Å². The van der Waals surface area contributed by atoms with Crippen LogP contribution >= 0.6 is 15.9 Å². The summed E-state index contributed by atoms with van der Waals surface area (Å²) < 4.78 is 0. The number of nitrogens with zero attached hydrogens (tertiary/aromatic N) is 1. The van der Waals surface area contributed by atoms with Crippen LogP contribution < -0.4 is 5.32 Å². The molecular formula is C7H9BrN2. The number of rotatable bonds is 2. The van der Waals surface area contributed by atoms with E-state index in [1.165, 1.54) is 5.56 Å². The van der Waals surface area contributed by atoms with Crippen LogP contribution in [0.2, 0.25) is 0 Å². The second kappa shape index (κ2) is 3.56. The van der Waals surface area contributed by atoms with Crippen LogP contribution in [0.1, 0.15) is 5.56 Å². The number of anilines is 1. The fourth-order valence-corrected chi connectivity index (χ4v) is 1.00. The molecule has 0 unspecified atom stereocenters. The normalized spacial score (nSPS) is 9.40. The number of hydrogen-bond donors (Lipinski definition) is 1. The molecule has 54 valence electrons. The van der Waals surface area contributed by atoms with Crippen molar-refractivity contribution in [1.82, 2.24) is 4.98 Å². The van der Waals surface area contributed by atoms with Crippen molar-refractivity contribution in [2.45, 2.75) is 5.33 Å². The minimum Gasteiger partial charge on any atom is -0.387 e. The minimum atomic E-state index is 0.857. The minimum absolute atomic E-state index is 0.857. The van der Waals surface area contributed by atoms with Crippen LogP contribution in [-0.2, 0) is 5.33 Å². The summed E-state index contributed by atoms with van der Waals surface area (Å²) >= 11 is 3.35.